The molecule has 4 aromatic rings. The Bertz CT molecular complexity index is 1400. The summed E-state index contributed by atoms with van der Waals surface area (Å²) in [4.78, 5) is 17.0. The van der Waals surface area contributed by atoms with Crippen molar-refractivity contribution in [2.75, 3.05) is 24.5 Å². The monoisotopic (exact) mass is 542 g/mol. The predicted molar refractivity (Wildman–Crippen MR) is 142 cm³/mol. The zero-order valence-electron chi connectivity index (χ0n) is 20.6. The third-order valence-electron chi connectivity index (χ3n) is 6.54. The maximum absolute atomic E-state index is 13.4. The summed E-state index contributed by atoms with van der Waals surface area (Å²) in [5, 5.41) is 10.9. The molecular weight excluding hydrogens is 517 g/mol. The van der Waals surface area contributed by atoms with Gasteiger partial charge in [-0.3, -0.25) is 4.79 Å². The minimum Gasteiger partial charge on any atom is -0.435 e. The van der Waals surface area contributed by atoms with Crippen molar-refractivity contribution < 1.29 is 22.7 Å². The fraction of sp³-hybridized carbons (Fsp3) is 0.250. The van der Waals surface area contributed by atoms with E-state index in [2.05, 4.69) is 19.8 Å². The Morgan fingerprint density at radius 3 is 2.32 bits per heavy atom. The van der Waals surface area contributed by atoms with E-state index >= 15 is 0 Å². The van der Waals surface area contributed by atoms with Gasteiger partial charge in [-0.2, -0.15) is 8.78 Å². The van der Waals surface area contributed by atoms with Crippen molar-refractivity contribution in [2.24, 2.45) is 0 Å². The summed E-state index contributed by atoms with van der Waals surface area (Å²) in [5.74, 6) is 0.469. The summed E-state index contributed by atoms with van der Waals surface area (Å²) in [7, 11) is 0. The summed E-state index contributed by atoms with van der Waals surface area (Å²) in [6.07, 6.45) is 0.175. The molecule has 0 spiro atoms. The summed E-state index contributed by atoms with van der Waals surface area (Å²) < 4.78 is 42.5. The summed E-state index contributed by atoms with van der Waals surface area (Å²) in [5.41, 5.74) is 2.20. The molecule has 1 fully saturated rings. The largest absolute Gasteiger partial charge is 0.435 e. The van der Waals surface area contributed by atoms with Crippen molar-refractivity contribution in [3.63, 3.8) is 0 Å². The Labute approximate surface area is 224 Å². The van der Waals surface area contributed by atoms with Gasteiger partial charge in [0.2, 0.25) is 5.91 Å². The van der Waals surface area contributed by atoms with Gasteiger partial charge in [0.25, 0.3) is 0 Å². The molecule has 6 nitrogen and oxygen atoms in total. The van der Waals surface area contributed by atoms with Crippen LogP contribution in [0.3, 0.4) is 0 Å². The van der Waals surface area contributed by atoms with Crippen molar-refractivity contribution in [1.82, 2.24) is 15.1 Å². The molecule has 1 aromatic heterocycles. The van der Waals surface area contributed by atoms with E-state index in [1.807, 2.05) is 36.1 Å². The Balaban J connectivity index is 0.00000336. The molecule has 1 saturated heterocycles. The molecule has 198 valence electrons. The van der Waals surface area contributed by atoms with E-state index in [1.54, 1.807) is 24.3 Å². The highest BCUT2D eigenvalue weighted by Gasteiger charge is 2.29. The second-order valence-corrected chi connectivity index (χ2v) is 9.01. The topological polar surface area (TPSA) is 58.6 Å². The van der Waals surface area contributed by atoms with Crippen LogP contribution >= 0.6 is 12.4 Å². The van der Waals surface area contributed by atoms with Crippen LogP contribution in [-0.2, 0) is 11.2 Å². The number of carbonyl (C=O) groups is 1. The molecule has 0 radical (unpaired) electrons. The van der Waals surface area contributed by atoms with Gasteiger partial charge < -0.3 is 14.5 Å². The van der Waals surface area contributed by atoms with E-state index < -0.39 is 6.61 Å². The highest BCUT2D eigenvalue weighted by molar-refractivity contribution is 6.00. The van der Waals surface area contributed by atoms with Crippen LogP contribution < -0.4 is 9.64 Å². The third-order valence-corrected chi connectivity index (χ3v) is 6.54. The number of benzene rings is 3. The molecule has 1 aliphatic heterocycles. The van der Waals surface area contributed by atoms with Gasteiger partial charge in [-0.05, 0) is 48.9 Å². The van der Waals surface area contributed by atoms with Crippen LogP contribution in [0.2, 0.25) is 0 Å². The first-order valence-corrected chi connectivity index (χ1v) is 12.0. The van der Waals surface area contributed by atoms with E-state index in [4.69, 9.17) is 0 Å². The lowest BCUT2D eigenvalue weighted by Crippen LogP contribution is -2.54. The lowest BCUT2D eigenvalue weighted by molar-refractivity contribution is -0.132. The Kier molecular flexibility index (Phi) is 8.36. The second kappa shape index (κ2) is 11.7. The Morgan fingerprint density at radius 2 is 1.66 bits per heavy atom. The van der Waals surface area contributed by atoms with Gasteiger partial charge >= 0.3 is 6.61 Å². The van der Waals surface area contributed by atoms with E-state index in [-0.39, 0.29) is 42.3 Å². The van der Waals surface area contributed by atoms with Crippen molar-refractivity contribution in [1.29, 1.82) is 0 Å². The Morgan fingerprint density at radius 1 is 0.974 bits per heavy atom. The lowest BCUT2D eigenvalue weighted by Gasteiger charge is -2.40. The number of rotatable bonds is 6. The number of carbonyl (C=O) groups excluding carboxylic acids is 1. The third kappa shape index (κ3) is 5.83. The van der Waals surface area contributed by atoms with Crippen LogP contribution in [0.25, 0.3) is 22.0 Å². The zero-order chi connectivity index (χ0) is 25.9. The van der Waals surface area contributed by atoms with Crippen molar-refractivity contribution in [3.8, 4) is 17.0 Å². The minimum atomic E-state index is -2.88. The second-order valence-electron chi connectivity index (χ2n) is 9.01. The first-order chi connectivity index (χ1) is 17.9. The predicted octanol–water partition coefficient (Wildman–Crippen LogP) is 5.74. The average Bonchev–Trinajstić information content (AvgIpc) is 2.89. The number of hydrogen-bond donors (Lipinski definition) is 0. The van der Waals surface area contributed by atoms with Crippen molar-refractivity contribution in [3.05, 3.63) is 84.2 Å². The number of hydrogen-bond acceptors (Lipinski definition) is 5. The standard InChI is InChI=1S/C28H25F3N4O2.ClH/c1-18-17-34(14-15-35(18)25(36)16-19-6-12-22(13-7-19)37-28(30)31)27-24-5-3-2-4-23(24)26(32-33-27)20-8-10-21(29)11-9-20;/h2-13,18,28H,14-17H2,1H3;1H/t18-;/m0./s1. The number of alkyl halides is 2. The molecule has 0 saturated carbocycles. The lowest BCUT2D eigenvalue weighted by atomic mass is 10.0. The molecule has 1 aliphatic rings. The van der Waals surface area contributed by atoms with E-state index in [9.17, 15) is 18.0 Å². The first-order valence-electron chi connectivity index (χ1n) is 12.0. The molecule has 0 aliphatic carbocycles. The Hall–Kier alpha value is -3.85. The fourth-order valence-corrected chi connectivity index (χ4v) is 4.73. The number of anilines is 1. The van der Waals surface area contributed by atoms with Crippen molar-refractivity contribution in [2.45, 2.75) is 26.0 Å². The summed E-state index contributed by atoms with van der Waals surface area (Å²) in [6.45, 7) is 0.799. The molecule has 5 rings (SSSR count). The molecule has 10 heteroatoms. The molecule has 3 aromatic carbocycles. The van der Waals surface area contributed by atoms with Crippen molar-refractivity contribution >= 4 is 34.9 Å². The van der Waals surface area contributed by atoms with Crippen LogP contribution in [0.1, 0.15) is 12.5 Å². The van der Waals surface area contributed by atoms with E-state index in [1.165, 1.54) is 24.3 Å². The zero-order valence-corrected chi connectivity index (χ0v) is 21.4. The number of piperazine rings is 1. The fourth-order valence-electron chi connectivity index (χ4n) is 4.73. The molecule has 0 unspecified atom stereocenters. The first kappa shape index (κ1) is 27.2. The molecule has 0 bridgehead atoms. The van der Waals surface area contributed by atoms with Gasteiger partial charge in [-0.25, -0.2) is 4.39 Å². The summed E-state index contributed by atoms with van der Waals surface area (Å²) in [6, 6.07) is 20.1. The molecule has 2 heterocycles. The quantitative estimate of drug-likeness (QED) is 0.311. The highest BCUT2D eigenvalue weighted by atomic mass is 35.5. The van der Waals surface area contributed by atoms with Crippen LogP contribution in [0.5, 0.6) is 5.75 Å². The number of aromatic nitrogens is 2. The average molecular weight is 543 g/mol. The van der Waals surface area contributed by atoms with E-state index in [0.29, 0.717) is 25.3 Å². The van der Waals surface area contributed by atoms with Gasteiger partial charge in [-0.15, -0.1) is 22.6 Å². The van der Waals surface area contributed by atoms with Crippen LogP contribution in [0.15, 0.2) is 72.8 Å². The number of ether oxygens (including phenoxy) is 1. The number of halogens is 4. The molecule has 1 atom stereocenters. The van der Waals surface area contributed by atoms with Gasteiger partial charge in [0.15, 0.2) is 5.82 Å². The summed E-state index contributed by atoms with van der Waals surface area (Å²) >= 11 is 0. The molecule has 1 amide bonds. The SMILES string of the molecule is C[C@H]1CN(c2nnc(-c3ccc(F)cc3)c3ccccc23)CCN1C(=O)Cc1ccc(OC(F)F)cc1.Cl. The van der Waals surface area contributed by atoms with Gasteiger partial charge in [-0.1, -0.05) is 36.4 Å². The normalized spacial score (nSPS) is 15.4. The van der Waals surface area contributed by atoms with Gasteiger partial charge in [0.1, 0.15) is 17.3 Å². The highest BCUT2D eigenvalue weighted by Crippen LogP contribution is 2.32. The smallest absolute Gasteiger partial charge is 0.387 e. The molecule has 38 heavy (non-hydrogen) atoms. The molecular formula is C28H26ClF3N4O2. The van der Waals surface area contributed by atoms with Gasteiger partial charge in [0, 0.05) is 42.0 Å². The van der Waals surface area contributed by atoms with Crippen LogP contribution in [0, 0.1) is 5.82 Å². The number of nitrogens with zero attached hydrogens (tertiary/aromatic N) is 4. The van der Waals surface area contributed by atoms with Crippen LogP contribution in [0.4, 0.5) is 19.0 Å². The minimum absolute atomic E-state index is 0. The van der Waals surface area contributed by atoms with Crippen LogP contribution in [-0.4, -0.2) is 53.3 Å². The number of amides is 1. The maximum atomic E-state index is 13.4. The number of fused-ring (bicyclic) bond motifs is 1. The van der Waals surface area contributed by atoms with Gasteiger partial charge in [0.05, 0.1) is 6.42 Å². The maximum Gasteiger partial charge on any atom is 0.387 e. The molecule has 0 N–H and O–H groups in total. The van der Waals surface area contributed by atoms with E-state index in [0.717, 1.165) is 27.7 Å².